The van der Waals surface area contributed by atoms with Crippen LogP contribution in [-0.2, 0) is 13.1 Å². The van der Waals surface area contributed by atoms with Crippen molar-refractivity contribution in [2.24, 2.45) is 0 Å². The quantitative estimate of drug-likeness (QED) is 0.346. The summed E-state index contributed by atoms with van der Waals surface area (Å²) in [6, 6.07) is 16.1. The zero-order valence-electron chi connectivity index (χ0n) is 19.2. The summed E-state index contributed by atoms with van der Waals surface area (Å²) < 4.78 is 8.25. The standard InChI is InChI=1S/C25H22ClN5O5/c1-2-12-30-23(32)13-21(31(25(30)35)15-16-6-8-17(26)9-7-16)29-20-11-10-18(14-27-20)36-22-5-3-4-19(28-22)24(33)34/h3-11,13-14H,2,12,15H2,1H3,(H,27,29)(H,33,34). The third kappa shape index (κ3) is 5.78. The van der Waals surface area contributed by atoms with E-state index in [0.29, 0.717) is 29.6 Å². The van der Waals surface area contributed by atoms with E-state index in [1.807, 2.05) is 19.1 Å². The lowest BCUT2D eigenvalue weighted by Crippen LogP contribution is -2.40. The Bertz CT molecular complexity index is 1500. The number of aromatic nitrogens is 4. The zero-order valence-corrected chi connectivity index (χ0v) is 20.0. The van der Waals surface area contributed by atoms with Crippen LogP contribution in [0.25, 0.3) is 0 Å². The van der Waals surface area contributed by atoms with E-state index in [1.165, 1.54) is 39.6 Å². The van der Waals surface area contributed by atoms with Gasteiger partial charge in [0.1, 0.15) is 17.4 Å². The Hall–Kier alpha value is -4.44. The molecule has 1 aromatic carbocycles. The van der Waals surface area contributed by atoms with Crippen molar-refractivity contribution >= 4 is 29.2 Å². The van der Waals surface area contributed by atoms with Crippen molar-refractivity contribution in [3.8, 4) is 11.6 Å². The summed E-state index contributed by atoms with van der Waals surface area (Å²) in [6.45, 7) is 2.41. The molecule has 0 unspecified atom stereocenters. The largest absolute Gasteiger partial charge is 0.477 e. The number of hydrogen-bond acceptors (Lipinski definition) is 7. The summed E-state index contributed by atoms with van der Waals surface area (Å²) in [4.78, 5) is 45.1. The number of benzene rings is 1. The van der Waals surface area contributed by atoms with Gasteiger partial charge >= 0.3 is 11.7 Å². The molecule has 184 valence electrons. The molecule has 0 bridgehead atoms. The lowest BCUT2D eigenvalue weighted by molar-refractivity contribution is 0.0689. The van der Waals surface area contributed by atoms with Crippen LogP contribution in [0.4, 0.5) is 11.6 Å². The van der Waals surface area contributed by atoms with E-state index in [-0.39, 0.29) is 23.9 Å². The predicted octanol–water partition coefficient (Wildman–Crippen LogP) is 4.15. The molecule has 3 heterocycles. The van der Waals surface area contributed by atoms with Gasteiger partial charge < -0.3 is 15.2 Å². The molecule has 0 amide bonds. The number of carboxylic acids is 1. The maximum atomic E-state index is 13.2. The summed E-state index contributed by atoms with van der Waals surface area (Å²) in [7, 11) is 0. The second-order valence-electron chi connectivity index (χ2n) is 7.79. The van der Waals surface area contributed by atoms with E-state index in [4.69, 9.17) is 21.4 Å². The number of rotatable bonds is 9. The molecule has 0 aliphatic rings. The molecule has 0 saturated heterocycles. The molecule has 4 rings (SSSR count). The van der Waals surface area contributed by atoms with Gasteiger partial charge in [0.25, 0.3) is 5.56 Å². The van der Waals surface area contributed by atoms with E-state index in [1.54, 1.807) is 24.3 Å². The van der Waals surface area contributed by atoms with Gasteiger partial charge in [0, 0.05) is 23.7 Å². The third-order valence-electron chi connectivity index (χ3n) is 5.14. The first kappa shape index (κ1) is 24.7. The Morgan fingerprint density at radius 2 is 1.86 bits per heavy atom. The number of carbonyl (C=O) groups is 1. The molecular weight excluding hydrogens is 486 g/mol. The molecule has 3 aromatic heterocycles. The summed E-state index contributed by atoms with van der Waals surface area (Å²) in [5.74, 6) is -0.0827. The monoisotopic (exact) mass is 507 g/mol. The van der Waals surface area contributed by atoms with Crippen LogP contribution in [0, 0.1) is 0 Å². The second-order valence-corrected chi connectivity index (χ2v) is 8.22. The fourth-order valence-electron chi connectivity index (χ4n) is 3.43. The first-order valence-corrected chi connectivity index (χ1v) is 11.4. The van der Waals surface area contributed by atoms with Crippen LogP contribution in [0.3, 0.4) is 0 Å². The summed E-state index contributed by atoms with van der Waals surface area (Å²) in [5, 5.41) is 12.7. The molecule has 36 heavy (non-hydrogen) atoms. The van der Waals surface area contributed by atoms with Crippen LogP contribution >= 0.6 is 11.6 Å². The van der Waals surface area contributed by atoms with Crippen molar-refractivity contribution in [1.29, 1.82) is 0 Å². The molecule has 0 saturated carbocycles. The van der Waals surface area contributed by atoms with Gasteiger partial charge in [-0.05, 0) is 42.3 Å². The van der Waals surface area contributed by atoms with E-state index in [0.717, 1.165) is 5.56 Å². The van der Waals surface area contributed by atoms with Gasteiger partial charge in [-0.1, -0.05) is 36.7 Å². The zero-order chi connectivity index (χ0) is 25.7. The highest BCUT2D eigenvalue weighted by molar-refractivity contribution is 6.30. The molecule has 0 spiro atoms. The van der Waals surface area contributed by atoms with Crippen LogP contribution in [0.5, 0.6) is 11.6 Å². The number of ether oxygens (including phenoxy) is 1. The van der Waals surface area contributed by atoms with Gasteiger partial charge in [0.05, 0.1) is 12.7 Å². The van der Waals surface area contributed by atoms with Crippen molar-refractivity contribution in [2.45, 2.75) is 26.4 Å². The van der Waals surface area contributed by atoms with E-state index >= 15 is 0 Å². The molecular formula is C25H22ClN5O5. The molecule has 4 aromatic rings. The topological polar surface area (TPSA) is 128 Å². The average Bonchev–Trinajstić information content (AvgIpc) is 2.86. The van der Waals surface area contributed by atoms with Gasteiger partial charge in [0.2, 0.25) is 5.88 Å². The predicted molar refractivity (Wildman–Crippen MR) is 135 cm³/mol. The van der Waals surface area contributed by atoms with Crippen molar-refractivity contribution in [1.82, 2.24) is 19.1 Å². The molecule has 0 atom stereocenters. The van der Waals surface area contributed by atoms with E-state index < -0.39 is 17.2 Å². The Labute approximate surface area is 210 Å². The van der Waals surface area contributed by atoms with Crippen LogP contribution < -0.4 is 21.3 Å². The highest BCUT2D eigenvalue weighted by Crippen LogP contribution is 2.21. The van der Waals surface area contributed by atoms with Crippen LogP contribution in [0.15, 0.2) is 76.4 Å². The van der Waals surface area contributed by atoms with Gasteiger partial charge in [-0.3, -0.25) is 13.9 Å². The summed E-state index contributed by atoms with van der Waals surface area (Å²) >= 11 is 5.98. The summed E-state index contributed by atoms with van der Waals surface area (Å²) in [5.41, 5.74) is -0.165. The highest BCUT2D eigenvalue weighted by atomic mass is 35.5. The number of pyridine rings is 2. The maximum absolute atomic E-state index is 13.2. The van der Waals surface area contributed by atoms with Crippen LogP contribution in [-0.4, -0.2) is 30.2 Å². The summed E-state index contributed by atoms with van der Waals surface area (Å²) in [6.07, 6.45) is 2.05. The first-order valence-electron chi connectivity index (χ1n) is 11.0. The molecule has 10 nitrogen and oxygen atoms in total. The Morgan fingerprint density at radius 3 is 2.53 bits per heavy atom. The number of hydrogen-bond donors (Lipinski definition) is 2. The SMILES string of the molecule is CCCn1c(=O)cc(Nc2ccc(Oc3cccc(C(=O)O)n3)cn2)n(Cc2ccc(Cl)cc2)c1=O. The second kappa shape index (κ2) is 10.9. The van der Waals surface area contributed by atoms with Crippen molar-refractivity contribution < 1.29 is 14.6 Å². The minimum absolute atomic E-state index is 0.105. The minimum atomic E-state index is -1.16. The highest BCUT2D eigenvalue weighted by Gasteiger charge is 2.13. The van der Waals surface area contributed by atoms with E-state index in [2.05, 4.69) is 15.3 Å². The van der Waals surface area contributed by atoms with Crippen molar-refractivity contribution in [3.05, 3.63) is 104 Å². The number of carboxylic acid groups (broad SMARTS) is 1. The lowest BCUT2D eigenvalue weighted by Gasteiger charge is -2.16. The van der Waals surface area contributed by atoms with Crippen molar-refractivity contribution in [2.75, 3.05) is 5.32 Å². The molecule has 2 N–H and O–H groups in total. The van der Waals surface area contributed by atoms with Gasteiger partial charge in [-0.15, -0.1) is 0 Å². The smallest absolute Gasteiger partial charge is 0.354 e. The molecule has 0 aliphatic heterocycles. The first-order chi connectivity index (χ1) is 17.3. The Morgan fingerprint density at radius 1 is 1.08 bits per heavy atom. The van der Waals surface area contributed by atoms with Gasteiger partial charge in [-0.2, -0.15) is 0 Å². The Kier molecular flexibility index (Phi) is 7.45. The number of nitrogens with zero attached hydrogens (tertiary/aromatic N) is 4. The number of anilines is 2. The molecule has 0 aliphatic carbocycles. The minimum Gasteiger partial charge on any atom is -0.477 e. The van der Waals surface area contributed by atoms with Crippen molar-refractivity contribution in [3.63, 3.8) is 0 Å². The van der Waals surface area contributed by atoms with E-state index in [9.17, 15) is 14.4 Å². The lowest BCUT2D eigenvalue weighted by atomic mass is 10.2. The van der Waals surface area contributed by atoms with Crippen LogP contribution in [0.2, 0.25) is 5.02 Å². The molecule has 0 radical (unpaired) electrons. The average molecular weight is 508 g/mol. The fourth-order valence-corrected chi connectivity index (χ4v) is 3.56. The Balaban J connectivity index is 1.61. The van der Waals surface area contributed by atoms with Crippen LogP contribution in [0.1, 0.15) is 29.4 Å². The number of halogens is 1. The number of aromatic carboxylic acids is 1. The fraction of sp³-hybridized carbons (Fsp3) is 0.160. The molecule has 0 fully saturated rings. The number of nitrogens with one attached hydrogen (secondary N) is 1. The molecule has 11 heteroatoms. The normalized spacial score (nSPS) is 10.7. The third-order valence-corrected chi connectivity index (χ3v) is 5.39. The van der Waals surface area contributed by atoms with Gasteiger partial charge in [-0.25, -0.2) is 19.6 Å². The maximum Gasteiger partial charge on any atom is 0.354 e. The van der Waals surface area contributed by atoms with Gasteiger partial charge in [0.15, 0.2) is 5.69 Å².